The molecule has 2 aliphatic rings. The third kappa shape index (κ3) is 5.45. The van der Waals surface area contributed by atoms with Gasteiger partial charge in [-0.3, -0.25) is 14.5 Å². The topological polar surface area (TPSA) is 52.7 Å². The lowest BCUT2D eigenvalue weighted by molar-refractivity contribution is -0.122. The molecule has 1 N–H and O–H groups in total. The first-order valence-electron chi connectivity index (χ1n) is 9.66. The summed E-state index contributed by atoms with van der Waals surface area (Å²) in [6.45, 7) is 4.00. The van der Waals surface area contributed by atoms with E-state index in [1.807, 2.05) is 4.90 Å². The molecule has 1 aromatic rings. The van der Waals surface area contributed by atoms with Gasteiger partial charge in [0.15, 0.2) is 0 Å². The van der Waals surface area contributed by atoms with Crippen molar-refractivity contribution in [3.8, 4) is 0 Å². The molecule has 2 fully saturated rings. The van der Waals surface area contributed by atoms with Gasteiger partial charge in [-0.15, -0.1) is 0 Å². The molecule has 1 heterocycles. The van der Waals surface area contributed by atoms with Crippen molar-refractivity contribution < 1.29 is 9.59 Å². The van der Waals surface area contributed by atoms with Gasteiger partial charge in [-0.2, -0.15) is 0 Å². The van der Waals surface area contributed by atoms with E-state index in [1.54, 1.807) is 24.3 Å². The first-order chi connectivity index (χ1) is 12.6. The average Bonchev–Trinajstić information content (AvgIpc) is 2.68. The number of carbonyl (C=O) groups is 2. The highest BCUT2D eigenvalue weighted by Gasteiger charge is 2.23. The fraction of sp³-hybridized carbons (Fsp3) is 0.600. The van der Waals surface area contributed by atoms with E-state index in [-0.39, 0.29) is 11.8 Å². The van der Waals surface area contributed by atoms with Crippen LogP contribution in [0, 0.1) is 5.92 Å². The predicted molar refractivity (Wildman–Crippen MR) is 103 cm³/mol. The van der Waals surface area contributed by atoms with Crippen molar-refractivity contribution in [1.82, 2.24) is 15.1 Å². The number of carbonyl (C=O) groups excluding carboxylic acids is 2. The summed E-state index contributed by atoms with van der Waals surface area (Å²) < 4.78 is 0. The first-order valence-corrected chi connectivity index (χ1v) is 10.0. The summed E-state index contributed by atoms with van der Waals surface area (Å²) in [5, 5.41) is 3.72. The Labute approximate surface area is 160 Å². The lowest BCUT2D eigenvalue weighted by atomic mass is 9.89. The van der Waals surface area contributed by atoms with E-state index in [1.165, 1.54) is 32.1 Å². The molecular weight excluding hydrogens is 350 g/mol. The number of hydrogen-bond donors (Lipinski definition) is 1. The largest absolute Gasteiger partial charge is 0.355 e. The molecule has 0 unspecified atom stereocenters. The average molecular weight is 378 g/mol. The zero-order valence-electron chi connectivity index (χ0n) is 15.3. The van der Waals surface area contributed by atoms with Crippen LogP contribution < -0.4 is 5.32 Å². The fourth-order valence-electron chi connectivity index (χ4n) is 3.79. The second-order valence-electron chi connectivity index (χ2n) is 7.38. The van der Waals surface area contributed by atoms with Crippen LogP contribution in [0.4, 0.5) is 0 Å². The summed E-state index contributed by atoms with van der Waals surface area (Å²) in [5.41, 5.74) is 0.660. The number of hydrogen-bond acceptors (Lipinski definition) is 3. The van der Waals surface area contributed by atoms with Gasteiger partial charge in [0.05, 0.1) is 6.54 Å². The number of piperazine rings is 1. The molecule has 0 spiro atoms. The fourth-order valence-corrected chi connectivity index (χ4v) is 3.92. The Morgan fingerprint density at radius 3 is 2.31 bits per heavy atom. The number of halogens is 1. The van der Waals surface area contributed by atoms with Crippen LogP contribution in [-0.2, 0) is 4.79 Å². The molecular formula is C20H28ClN3O2. The Morgan fingerprint density at radius 1 is 1.00 bits per heavy atom. The van der Waals surface area contributed by atoms with Gasteiger partial charge in [-0.25, -0.2) is 0 Å². The molecule has 0 radical (unpaired) electrons. The van der Waals surface area contributed by atoms with E-state index in [0.717, 1.165) is 19.6 Å². The van der Waals surface area contributed by atoms with Gasteiger partial charge in [0.2, 0.25) is 5.91 Å². The summed E-state index contributed by atoms with van der Waals surface area (Å²) in [6, 6.07) is 6.99. The van der Waals surface area contributed by atoms with Gasteiger partial charge < -0.3 is 10.2 Å². The maximum absolute atomic E-state index is 12.5. The normalized spacial score (nSPS) is 19.3. The van der Waals surface area contributed by atoms with Crippen LogP contribution in [0.1, 0.15) is 42.5 Å². The zero-order chi connectivity index (χ0) is 18.4. The van der Waals surface area contributed by atoms with Crippen molar-refractivity contribution in [3.63, 3.8) is 0 Å². The molecule has 26 heavy (non-hydrogen) atoms. The zero-order valence-corrected chi connectivity index (χ0v) is 16.0. The van der Waals surface area contributed by atoms with E-state index in [0.29, 0.717) is 36.1 Å². The quantitative estimate of drug-likeness (QED) is 0.858. The third-order valence-electron chi connectivity index (χ3n) is 5.43. The molecule has 1 saturated heterocycles. The van der Waals surface area contributed by atoms with Crippen molar-refractivity contribution in [3.05, 3.63) is 34.9 Å². The van der Waals surface area contributed by atoms with Crippen molar-refractivity contribution in [2.45, 2.75) is 32.1 Å². The number of nitrogens with one attached hydrogen (secondary N) is 1. The number of rotatable bonds is 5. The lowest BCUT2D eigenvalue weighted by Gasteiger charge is -2.34. The number of benzene rings is 1. The second-order valence-corrected chi connectivity index (χ2v) is 7.82. The predicted octanol–water partition coefficient (Wildman–Crippen LogP) is 2.79. The van der Waals surface area contributed by atoms with Gasteiger partial charge in [0.25, 0.3) is 5.91 Å². The Kier molecular flexibility index (Phi) is 6.92. The highest BCUT2D eigenvalue weighted by Crippen LogP contribution is 2.22. The summed E-state index contributed by atoms with van der Waals surface area (Å²) in [5.74, 6) is 0.790. The summed E-state index contributed by atoms with van der Waals surface area (Å²) in [6.07, 6.45) is 6.41. The Hall–Kier alpha value is -1.59. The molecule has 1 saturated carbocycles. The van der Waals surface area contributed by atoms with Crippen LogP contribution in [0.2, 0.25) is 5.02 Å². The monoisotopic (exact) mass is 377 g/mol. The standard InChI is InChI=1S/C20H28ClN3O2/c21-18-8-6-17(7-9-18)20(26)24-12-10-23(11-13-24)15-19(25)22-14-16-4-2-1-3-5-16/h6-9,16H,1-5,10-15H2,(H,22,25). The highest BCUT2D eigenvalue weighted by molar-refractivity contribution is 6.30. The summed E-state index contributed by atoms with van der Waals surface area (Å²) in [4.78, 5) is 28.7. The molecule has 1 aliphatic carbocycles. The van der Waals surface area contributed by atoms with E-state index < -0.39 is 0 Å². The van der Waals surface area contributed by atoms with Gasteiger partial charge in [-0.05, 0) is 43.0 Å². The summed E-state index contributed by atoms with van der Waals surface area (Å²) >= 11 is 5.88. The summed E-state index contributed by atoms with van der Waals surface area (Å²) in [7, 11) is 0. The van der Waals surface area contributed by atoms with Gasteiger partial charge >= 0.3 is 0 Å². The van der Waals surface area contributed by atoms with Crippen LogP contribution in [0.15, 0.2) is 24.3 Å². The first kappa shape index (κ1) is 19.2. The van der Waals surface area contributed by atoms with Crippen LogP contribution >= 0.6 is 11.6 Å². The minimum absolute atomic E-state index is 0.0306. The Morgan fingerprint density at radius 2 is 1.65 bits per heavy atom. The molecule has 5 nitrogen and oxygen atoms in total. The van der Waals surface area contributed by atoms with Crippen molar-refractivity contribution in [2.75, 3.05) is 39.3 Å². The lowest BCUT2D eigenvalue weighted by Crippen LogP contribution is -2.51. The number of nitrogens with zero attached hydrogens (tertiary/aromatic N) is 2. The highest BCUT2D eigenvalue weighted by atomic mass is 35.5. The van der Waals surface area contributed by atoms with Crippen LogP contribution in [0.5, 0.6) is 0 Å². The Balaban J connectivity index is 1.38. The molecule has 3 rings (SSSR count). The molecule has 1 aliphatic heterocycles. The smallest absolute Gasteiger partial charge is 0.253 e. The van der Waals surface area contributed by atoms with Crippen molar-refractivity contribution >= 4 is 23.4 Å². The van der Waals surface area contributed by atoms with Gasteiger partial charge in [0.1, 0.15) is 0 Å². The van der Waals surface area contributed by atoms with Crippen molar-refractivity contribution in [2.24, 2.45) is 5.92 Å². The van der Waals surface area contributed by atoms with Crippen LogP contribution in [0.3, 0.4) is 0 Å². The molecule has 2 amide bonds. The van der Waals surface area contributed by atoms with E-state index in [9.17, 15) is 9.59 Å². The van der Waals surface area contributed by atoms with E-state index >= 15 is 0 Å². The van der Waals surface area contributed by atoms with E-state index in [4.69, 9.17) is 11.6 Å². The number of amides is 2. The molecule has 0 atom stereocenters. The van der Waals surface area contributed by atoms with E-state index in [2.05, 4.69) is 10.2 Å². The molecule has 0 aromatic heterocycles. The Bertz CT molecular complexity index is 606. The van der Waals surface area contributed by atoms with Gasteiger partial charge in [0, 0.05) is 43.3 Å². The van der Waals surface area contributed by atoms with Crippen LogP contribution in [-0.4, -0.2) is 60.9 Å². The molecule has 142 valence electrons. The molecule has 0 bridgehead atoms. The maximum Gasteiger partial charge on any atom is 0.253 e. The minimum Gasteiger partial charge on any atom is -0.355 e. The maximum atomic E-state index is 12.5. The minimum atomic E-state index is 0.0306. The second kappa shape index (κ2) is 9.38. The SMILES string of the molecule is O=C(CN1CCN(C(=O)c2ccc(Cl)cc2)CC1)NCC1CCCCC1. The molecule has 6 heteroatoms. The molecule has 1 aromatic carbocycles. The third-order valence-corrected chi connectivity index (χ3v) is 5.68. The van der Waals surface area contributed by atoms with Crippen LogP contribution in [0.25, 0.3) is 0 Å². The van der Waals surface area contributed by atoms with Crippen molar-refractivity contribution in [1.29, 1.82) is 0 Å². The van der Waals surface area contributed by atoms with Gasteiger partial charge in [-0.1, -0.05) is 30.9 Å².